The van der Waals surface area contributed by atoms with Gasteiger partial charge in [-0.1, -0.05) is 6.92 Å². The molecule has 0 radical (unpaired) electrons. The molecule has 0 aromatic carbocycles. The second-order valence-corrected chi connectivity index (χ2v) is 3.97. The van der Waals surface area contributed by atoms with Crippen LogP contribution in [0.5, 0.6) is 0 Å². The largest absolute Gasteiger partial charge is 0.329 e. The maximum Gasteiger partial charge on any atom is 0.0195 e. The van der Waals surface area contributed by atoms with Crippen molar-refractivity contribution < 1.29 is 0 Å². The van der Waals surface area contributed by atoms with Crippen molar-refractivity contribution in [2.24, 2.45) is 5.73 Å². The molecule has 1 aliphatic heterocycles. The van der Waals surface area contributed by atoms with Gasteiger partial charge in [-0.3, -0.25) is 9.80 Å². The van der Waals surface area contributed by atoms with Crippen molar-refractivity contribution in [3.8, 4) is 0 Å². The third kappa shape index (κ3) is 3.25. The Kier molecular flexibility index (Phi) is 4.70. The zero-order chi connectivity index (χ0) is 9.68. The molecule has 0 bridgehead atoms. The summed E-state index contributed by atoms with van der Waals surface area (Å²) in [6.45, 7) is 11.3. The standard InChI is InChI=1S/C10H23N3/c1-3-5-13-8-7-12(6-4-11)9-10(13)2/h10H,3-9,11H2,1-2H3. The van der Waals surface area contributed by atoms with Crippen LogP contribution in [0, 0.1) is 0 Å². The molecule has 13 heavy (non-hydrogen) atoms. The Bertz CT molecular complexity index is 138. The lowest BCUT2D eigenvalue weighted by atomic mass is 10.2. The van der Waals surface area contributed by atoms with Crippen molar-refractivity contribution >= 4 is 0 Å². The quantitative estimate of drug-likeness (QED) is 0.686. The second-order valence-electron chi connectivity index (χ2n) is 3.97. The number of rotatable bonds is 4. The van der Waals surface area contributed by atoms with Crippen molar-refractivity contribution in [1.29, 1.82) is 0 Å². The summed E-state index contributed by atoms with van der Waals surface area (Å²) in [7, 11) is 0. The monoisotopic (exact) mass is 185 g/mol. The minimum Gasteiger partial charge on any atom is -0.329 e. The average Bonchev–Trinajstić information content (AvgIpc) is 2.10. The van der Waals surface area contributed by atoms with Crippen molar-refractivity contribution in [3.63, 3.8) is 0 Å². The van der Waals surface area contributed by atoms with Crippen LogP contribution >= 0.6 is 0 Å². The molecule has 0 aromatic heterocycles. The molecule has 1 unspecified atom stereocenters. The van der Waals surface area contributed by atoms with Crippen LogP contribution in [0.4, 0.5) is 0 Å². The third-order valence-electron chi connectivity index (χ3n) is 2.81. The zero-order valence-electron chi connectivity index (χ0n) is 9.00. The van der Waals surface area contributed by atoms with Gasteiger partial charge in [0.25, 0.3) is 0 Å². The molecule has 1 rings (SSSR count). The molecule has 1 heterocycles. The molecule has 3 nitrogen and oxygen atoms in total. The van der Waals surface area contributed by atoms with Crippen LogP contribution in [0.2, 0.25) is 0 Å². The summed E-state index contributed by atoms with van der Waals surface area (Å²) in [4.78, 5) is 5.05. The highest BCUT2D eigenvalue weighted by molar-refractivity contribution is 4.78. The topological polar surface area (TPSA) is 32.5 Å². The molecular formula is C10H23N3. The Morgan fingerprint density at radius 3 is 2.62 bits per heavy atom. The Labute approximate surface area is 81.9 Å². The van der Waals surface area contributed by atoms with Crippen LogP contribution in [0.3, 0.4) is 0 Å². The number of nitrogens with two attached hydrogens (primary N) is 1. The molecule has 2 N–H and O–H groups in total. The number of hydrogen-bond donors (Lipinski definition) is 1. The molecule has 1 saturated heterocycles. The molecule has 0 amide bonds. The fraction of sp³-hybridized carbons (Fsp3) is 1.00. The van der Waals surface area contributed by atoms with Crippen LogP contribution in [-0.2, 0) is 0 Å². The summed E-state index contributed by atoms with van der Waals surface area (Å²) < 4.78 is 0. The van der Waals surface area contributed by atoms with Gasteiger partial charge >= 0.3 is 0 Å². The summed E-state index contributed by atoms with van der Waals surface area (Å²) in [5.41, 5.74) is 5.54. The minimum absolute atomic E-state index is 0.709. The fourth-order valence-electron chi connectivity index (χ4n) is 2.08. The van der Waals surface area contributed by atoms with E-state index in [4.69, 9.17) is 5.73 Å². The predicted molar refractivity (Wildman–Crippen MR) is 56.8 cm³/mol. The van der Waals surface area contributed by atoms with Gasteiger partial charge in [0.05, 0.1) is 0 Å². The molecule has 78 valence electrons. The Morgan fingerprint density at radius 1 is 1.31 bits per heavy atom. The van der Waals surface area contributed by atoms with Crippen LogP contribution in [0.15, 0.2) is 0 Å². The molecule has 0 saturated carbocycles. The summed E-state index contributed by atoms with van der Waals surface area (Å²) >= 11 is 0. The van der Waals surface area contributed by atoms with E-state index in [1.807, 2.05) is 0 Å². The van der Waals surface area contributed by atoms with E-state index in [9.17, 15) is 0 Å². The van der Waals surface area contributed by atoms with Gasteiger partial charge in [0.15, 0.2) is 0 Å². The lowest BCUT2D eigenvalue weighted by Crippen LogP contribution is -2.52. The lowest BCUT2D eigenvalue weighted by Gasteiger charge is -2.39. The molecule has 0 aromatic rings. The highest BCUT2D eigenvalue weighted by Gasteiger charge is 2.21. The zero-order valence-corrected chi connectivity index (χ0v) is 9.00. The van der Waals surface area contributed by atoms with Crippen LogP contribution < -0.4 is 5.73 Å². The third-order valence-corrected chi connectivity index (χ3v) is 2.81. The molecule has 0 aliphatic carbocycles. The average molecular weight is 185 g/mol. The van der Waals surface area contributed by atoms with Gasteiger partial charge in [-0.15, -0.1) is 0 Å². The van der Waals surface area contributed by atoms with Crippen LogP contribution in [0.1, 0.15) is 20.3 Å². The van der Waals surface area contributed by atoms with E-state index in [0.717, 1.165) is 13.1 Å². The first-order chi connectivity index (χ1) is 6.27. The normalized spacial score (nSPS) is 26.5. The molecular weight excluding hydrogens is 162 g/mol. The van der Waals surface area contributed by atoms with Crippen molar-refractivity contribution in [2.75, 3.05) is 39.3 Å². The number of piperazine rings is 1. The molecule has 1 fully saturated rings. The lowest BCUT2D eigenvalue weighted by molar-refractivity contribution is 0.0857. The highest BCUT2D eigenvalue weighted by atomic mass is 15.3. The van der Waals surface area contributed by atoms with Gasteiger partial charge in [-0.25, -0.2) is 0 Å². The smallest absolute Gasteiger partial charge is 0.0195 e. The molecule has 1 aliphatic rings. The van der Waals surface area contributed by atoms with Gasteiger partial charge in [-0.2, -0.15) is 0 Å². The molecule has 1 atom stereocenters. The van der Waals surface area contributed by atoms with Gasteiger partial charge in [-0.05, 0) is 19.9 Å². The molecule has 3 heteroatoms. The first-order valence-electron chi connectivity index (χ1n) is 5.44. The first-order valence-corrected chi connectivity index (χ1v) is 5.44. The van der Waals surface area contributed by atoms with Crippen LogP contribution in [-0.4, -0.2) is 55.1 Å². The summed E-state index contributed by atoms with van der Waals surface area (Å²) in [5, 5.41) is 0. The highest BCUT2D eigenvalue weighted by Crippen LogP contribution is 2.08. The van der Waals surface area contributed by atoms with Crippen LogP contribution in [0.25, 0.3) is 0 Å². The van der Waals surface area contributed by atoms with E-state index in [1.54, 1.807) is 0 Å². The Morgan fingerprint density at radius 2 is 2.08 bits per heavy atom. The van der Waals surface area contributed by atoms with E-state index < -0.39 is 0 Å². The maximum atomic E-state index is 5.54. The Hall–Kier alpha value is -0.120. The fourth-order valence-corrected chi connectivity index (χ4v) is 2.08. The van der Waals surface area contributed by atoms with E-state index in [1.165, 1.54) is 32.6 Å². The van der Waals surface area contributed by atoms with Crippen molar-refractivity contribution in [3.05, 3.63) is 0 Å². The summed E-state index contributed by atoms with van der Waals surface area (Å²) in [5.74, 6) is 0. The second kappa shape index (κ2) is 5.58. The van der Waals surface area contributed by atoms with Gasteiger partial charge < -0.3 is 5.73 Å². The van der Waals surface area contributed by atoms with E-state index in [-0.39, 0.29) is 0 Å². The predicted octanol–water partition coefficient (Wildman–Crippen LogP) is 0.361. The van der Waals surface area contributed by atoms with Gasteiger partial charge in [0, 0.05) is 38.8 Å². The van der Waals surface area contributed by atoms with Gasteiger partial charge in [0.2, 0.25) is 0 Å². The van der Waals surface area contributed by atoms with E-state index in [0.29, 0.717) is 6.04 Å². The number of nitrogens with zero attached hydrogens (tertiary/aromatic N) is 2. The van der Waals surface area contributed by atoms with Crippen molar-refractivity contribution in [1.82, 2.24) is 9.80 Å². The summed E-state index contributed by atoms with van der Waals surface area (Å²) in [6.07, 6.45) is 1.27. The maximum absolute atomic E-state index is 5.54. The van der Waals surface area contributed by atoms with E-state index in [2.05, 4.69) is 23.6 Å². The van der Waals surface area contributed by atoms with Crippen molar-refractivity contribution in [2.45, 2.75) is 26.3 Å². The SMILES string of the molecule is CCCN1CCN(CCN)CC1C. The molecule has 0 spiro atoms. The van der Waals surface area contributed by atoms with E-state index >= 15 is 0 Å². The summed E-state index contributed by atoms with van der Waals surface area (Å²) in [6, 6.07) is 0.709. The van der Waals surface area contributed by atoms with Gasteiger partial charge in [0.1, 0.15) is 0 Å². The first kappa shape index (κ1) is 11.0. The number of hydrogen-bond acceptors (Lipinski definition) is 3. The Balaban J connectivity index is 2.28. The minimum atomic E-state index is 0.709.